The lowest BCUT2D eigenvalue weighted by molar-refractivity contribution is 0.0965. The van der Waals surface area contributed by atoms with E-state index in [9.17, 15) is 4.79 Å². The molecule has 0 aliphatic rings. The molecule has 3 nitrogen and oxygen atoms in total. The van der Waals surface area contributed by atoms with Crippen LogP contribution in [0.1, 0.15) is 69.8 Å². The van der Waals surface area contributed by atoms with Crippen molar-refractivity contribution in [3.8, 4) is 5.75 Å². The quantitative estimate of drug-likeness (QED) is 0.647. The first-order chi connectivity index (χ1) is 11.5. The topological polar surface area (TPSA) is 38.3 Å². The highest BCUT2D eigenvalue weighted by Gasteiger charge is 2.14. The number of carbonyl (C=O) groups is 1. The Balaban J connectivity index is 0.00000254. The zero-order chi connectivity index (χ0) is 18.5. The second kappa shape index (κ2) is 12.7. The predicted molar refractivity (Wildman–Crippen MR) is 107 cm³/mol. The van der Waals surface area contributed by atoms with Crippen LogP contribution >= 0.6 is 11.8 Å². The van der Waals surface area contributed by atoms with E-state index in [1.807, 2.05) is 63.5 Å². The number of thioether (sulfide) groups is 1. The van der Waals surface area contributed by atoms with E-state index in [2.05, 4.69) is 19.2 Å². The molecule has 1 amide bonds. The largest absolute Gasteiger partial charge is 0.496 e. The summed E-state index contributed by atoms with van der Waals surface area (Å²) in [6, 6.07) is 5.74. The minimum atomic E-state index is -0.149. The minimum Gasteiger partial charge on any atom is -0.496 e. The molecule has 0 aliphatic carbocycles. The molecule has 0 heterocycles. The van der Waals surface area contributed by atoms with Gasteiger partial charge in [-0.2, -0.15) is 0 Å². The number of ether oxygens (including phenoxy) is 1. The summed E-state index contributed by atoms with van der Waals surface area (Å²) in [4.78, 5) is 12.5. The van der Waals surface area contributed by atoms with Crippen LogP contribution in [0.2, 0.25) is 0 Å². The molecule has 0 bridgehead atoms. The summed E-state index contributed by atoms with van der Waals surface area (Å²) < 4.78 is 5.38. The van der Waals surface area contributed by atoms with Crippen LogP contribution in [0.25, 0.3) is 0 Å². The highest BCUT2D eigenvalue weighted by molar-refractivity contribution is 8.05. The lowest BCUT2D eigenvalue weighted by Crippen LogP contribution is -2.22. The van der Waals surface area contributed by atoms with Crippen LogP contribution in [0.4, 0.5) is 0 Å². The summed E-state index contributed by atoms with van der Waals surface area (Å²) in [7, 11) is 1.59. The molecule has 1 rings (SSSR count). The van der Waals surface area contributed by atoms with E-state index < -0.39 is 0 Å². The molecule has 4 heteroatoms. The smallest absolute Gasteiger partial charge is 0.259 e. The highest BCUT2D eigenvalue weighted by atomic mass is 32.2. The van der Waals surface area contributed by atoms with Gasteiger partial charge < -0.3 is 10.1 Å². The molecule has 0 radical (unpaired) electrons. The monoisotopic (exact) mass is 349 g/mol. The van der Waals surface area contributed by atoms with E-state index in [1.54, 1.807) is 7.11 Å². The van der Waals surface area contributed by atoms with Crippen molar-refractivity contribution in [1.82, 2.24) is 5.32 Å². The van der Waals surface area contributed by atoms with Gasteiger partial charge in [-0.15, -0.1) is 0 Å². The van der Waals surface area contributed by atoms with Gasteiger partial charge >= 0.3 is 0 Å². The fourth-order valence-corrected chi connectivity index (χ4v) is 2.59. The summed E-state index contributed by atoms with van der Waals surface area (Å²) >= 11 is 1.50. The van der Waals surface area contributed by atoms with Crippen LogP contribution in [0.5, 0.6) is 5.75 Å². The number of benzene rings is 1. The van der Waals surface area contributed by atoms with Gasteiger partial charge in [-0.05, 0) is 42.4 Å². The van der Waals surface area contributed by atoms with Crippen molar-refractivity contribution in [2.45, 2.75) is 53.9 Å². The molecule has 0 aliphatic heterocycles. The number of methoxy groups -OCH3 is 1. The third-order valence-electron chi connectivity index (χ3n) is 3.09. The van der Waals surface area contributed by atoms with Gasteiger partial charge in [-0.1, -0.05) is 64.6 Å². The molecule has 0 atom stereocenters. The first-order valence-corrected chi connectivity index (χ1v) is 9.38. The first kappa shape index (κ1) is 22.3. The molecule has 134 valence electrons. The van der Waals surface area contributed by atoms with Crippen LogP contribution in [-0.2, 0) is 0 Å². The molecule has 0 saturated heterocycles. The number of allylic oxidation sites excluding steroid dienone is 2. The second-order valence-electron chi connectivity index (χ2n) is 5.13. The Bertz CT molecular complexity index is 563. The predicted octanol–water partition coefficient (Wildman–Crippen LogP) is 6.09. The Morgan fingerprint density at radius 1 is 1.33 bits per heavy atom. The number of nitrogens with one attached hydrogen (secondary N) is 1. The van der Waals surface area contributed by atoms with E-state index in [1.165, 1.54) is 11.8 Å². The van der Waals surface area contributed by atoms with E-state index in [0.29, 0.717) is 17.2 Å². The third kappa shape index (κ3) is 7.26. The van der Waals surface area contributed by atoms with Gasteiger partial charge in [0.25, 0.3) is 5.91 Å². The maximum Gasteiger partial charge on any atom is 0.259 e. The SMILES string of the molecule is C/C=C\S/C(=C/CC)NC(=O)c1ccc(C(C)C)cc1OC.CC. The first-order valence-electron chi connectivity index (χ1n) is 8.50. The zero-order valence-corrected chi connectivity index (χ0v) is 16.8. The van der Waals surface area contributed by atoms with E-state index in [0.717, 1.165) is 17.0 Å². The van der Waals surface area contributed by atoms with E-state index in [-0.39, 0.29) is 5.91 Å². The summed E-state index contributed by atoms with van der Waals surface area (Å²) in [5, 5.41) is 5.73. The van der Waals surface area contributed by atoms with Crippen LogP contribution in [0.3, 0.4) is 0 Å². The summed E-state index contributed by atoms with van der Waals surface area (Å²) in [6.45, 7) is 12.2. The average molecular weight is 350 g/mol. The Hall–Kier alpha value is -1.68. The second-order valence-corrected chi connectivity index (χ2v) is 6.08. The molecule has 1 aromatic rings. The lowest BCUT2D eigenvalue weighted by Gasteiger charge is -2.13. The van der Waals surface area contributed by atoms with Crippen molar-refractivity contribution < 1.29 is 9.53 Å². The summed E-state index contributed by atoms with van der Waals surface area (Å²) in [5.41, 5.74) is 1.70. The zero-order valence-electron chi connectivity index (χ0n) is 16.0. The molecule has 24 heavy (non-hydrogen) atoms. The molecule has 0 aromatic heterocycles. The van der Waals surface area contributed by atoms with Crippen molar-refractivity contribution in [2.24, 2.45) is 0 Å². The lowest BCUT2D eigenvalue weighted by atomic mass is 10.0. The number of rotatable bonds is 7. The maximum absolute atomic E-state index is 12.5. The summed E-state index contributed by atoms with van der Waals surface area (Å²) in [6.07, 6.45) is 4.81. The van der Waals surface area contributed by atoms with Crippen molar-refractivity contribution in [3.63, 3.8) is 0 Å². The fraction of sp³-hybridized carbons (Fsp3) is 0.450. The molecular weight excluding hydrogens is 318 g/mol. The maximum atomic E-state index is 12.5. The van der Waals surface area contributed by atoms with Crippen molar-refractivity contribution in [3.05, 3.63) is 51.9 Å². The van der Waals surface area contributed by atoms with Gasteiger partial charge in [0, 0.05) is 0 Å². The van der Waals surface area contributed by atoms with Gasteiger partial charge in [0.1, 0.15) is 5.75 Å². The normalized spacial score (nSPS) is 11.2. The molecule has 0 saturated carbocycles. The van der Waals surface area contributed by atoms with Crippen LogP contribution in [0.15, 0.2) is 40.8 Å². The Kier molecular flexibility index (Phi) is 11.8. The number of carbonyl (C=O) groups excluding carboxylic acids is 1. The molecule has 0 unspecified atom stereocenters. The average Bonchev–Trinajstić information content (AvgIpc) is 2.60. The van der Waals surface area contributed by atoms with Crippen LogP contribution < -0.4 is 10.1 Å². The Morgan fingerprint density at radius 2 is 2.00 bits per heavy atom. The molecule has 1 N–H and O–H groups in total. The van der Waals surface area contributed by atoms with Crippen molar-refractivity contribution in [2.75, 3.05) is 7.11 Å². The number of amides is 1. The number of hydrogen-bond donors (Lipinski definition) is 1. The molecule has 0 fully saturated rings. The Labute approximate surface area is 151 Å². The van der Waals surface area contributed by atoms with Gasteiger partial charge in [-0.25, -0.2) is 0 Å². The van der Waals surface area contributed by atoms with E-state index >= 15 is 0 Å². The summed E-state index contributed by atoms with van der Waals surface area (Å²) in [5.74, 6) is 0.853. The minimum absolute atomic E-state index is 0.149. The van der Waals surface area contributed by atoms with Gasteiger partial charge in [0.05, 0.1) is 17.7 Å². The number of hydrogen-bond acceptors (Lipinski definition) is 3. The van der Waals surface area contributed by atoms with Gasteiger partial charge in [0.2, 0.25) is 0 Å². The Morgan fingerprint density at radius 3 is 2.50 bits per heavy atom. The van der Waals surface area contributed by atoms with Crippen molar-refractivity contribution in [1.29, 1.82) is 0 Å². The standard InChI is InChI=1S/C18H25NO2S.C2H6/c1-6-8-17(22-11-7-2)19-18(20)15-10-9-14(13(3)4)12-16(15)21-5;1-2/h7-13H,6H2,1-5H3,(H,19,20);1-2H3/b11-7-,17-8+;. The van der Waals surface area contributed by atoms with Crippen LogP contribution in [0, 0.1) is 0 Å². The van der Waals surface area contributed by atoms with Crippen molar-refractivity contribution >= 4 is 17.7 Å². The molecule has 1 aromatic carbocycles. The van der Waals surface area contributed by atoms with Crippen LogP contribution in [-0.4, -0.2) is 13.0 Å². The third-order valence-corrected chi connectivity index (χ3v) is 4.03. The van der Waals surface area contributed by atoms with E-state index in [4.69, 9.17) is 4.74 Å². The molecular formula is C20H31NO2S. The highest BCUT2D eigenvalue weighted by Crippen LogP contribution is 2.25. The molecule has 0 spiro atoms. The van der Waals surface area contributed by atoms with Gasteiger partial charge in [0.15, 0.2) is 0 Å². The fourth-order valence-electron chi connectivity index (χ4n) is 1.89. The van der Waals surface area contributed by atoms with Gasteiger partial charge in [-0.3, -0.25) is 4.79 Å².